The number of carbonyl (C=O) groups is 1. The number of carbonyl (C=O) groups excluding carboxylic acids is 1. The van der Waals surface area contributed by atoms with Gasteiger partial charge >= 0.3 is 5.97 Å². The van der Waals surface area contributed by atoms with Gasteiger partial charge < -0.3 is 10.1 Å². The Hall–Kier alpha value is -0.710. The van der Waals surface area contributed by atoms with Crippen molar-refractivity contribution in [2.24, 2.45) is 0 Å². The van der Waals surface area contributed by atoms with Crippen LogP contribution in [0.5, 0.6) is 0 Å². The van der Waals surface area contributed by atoms with E-state index in [-0.39, 0.29) is 5.97 Å². The summed E-state index contributed by atoms with van der Waals surface area (Å²) in [6, 6.07) is 7.72. The van der Waals surface area contributed by atoms with Gasteiger partial charge in [-0.2, -0.15) is 0 Å². The van der Waals surface area contributed by atoms with Crippen molar-refractivity contribution in [3.05, 3.63) is 29.3 Å². The largest absolute Gasteiger partial charge is 0.465 e. The van der Waals surface area contributed by atoms with E-state index < -0.39 is 5.54 Å². The van der Waals surface area contributed by atoms with E-state index in [4.69, 9.17) is 16.3 Å². The lowest BCUT2D eigenvalue weighted by Gasteiger charge is -2.27. The summed E-state index contributed by atoms with van der Waals surface area (Å²) in [6.45, 7) is 6.86. The van der Waals surface area contributed by atoms with Gasteiger partial charge in [-0.3, -0.25) is 4.79 Å². The van der Waals surface area contributed by atoms with E-state index in [1.54, 1.807) is 11.8 Å². The molecule has 20 heavy (non-hydrogen) atoms. The maximum absolute atomic E-state index is 12.0. The van der Waals surface area contributed by atoms with Gasteiger partial charge in [-0.05, 0) is 51.1 Å². The molecule has 1 aromatic carbocycles. The van der Waals surface area contributed by atoms with Crippen molar-refractivity contribution in [2.45, 2.75) is 37.6 Å². The second-order valence-electron chi connectivity index (χ2n) is 4.64. The Morgan fingerprint density at radius 2 is 2.00 bits per heavy atom. The fourth-order valence-electron chi connectivity index (χ4n) is 1.85. The van der Waals surface area contributed by atoms with Crippen LogP contribution in [-0.2, 0) is 9.53 Å². The Bertz CT molecular complexity index is 424. The molecule has 1 N–H and O–H groups in total. The number of nitrogens with one attached hydrogen (secondary N) is 1. The zero-order valence-corrected chi connectivity index (χ0v) is 13.8. The first-order valence-electron chi connectivity index (χ1n) is 6.82. The molecular formula is C15H22ClNO2S. The number of hydrogen-bond acceptors (Lipinski definition) is 4. The monoisotopic (exact) mass is 315 g/mol. The van der Waals surface area contributed by atoms with Crippen LogP contribution < -0.4 is 5.32 Å². The summed E-state index contributed by atoms with van der Waals surface area (Å²) in [5.41, 5.74) is -0.621. The van der Waals surface area contributed by atoms with E-state index in [1.165, 1.54) is 0 Å². The maximum atomic E-state index is 12.0. The summed E-state index contributed by atoms with van der Waals surface area (Å²) >= 11 is 7.57. The van der Waals surface area contributed by atoms with Crippen LogP contribution in [0.25, 0.3) is 0 Å². The third kappa shape index (κ3) is 5.35. The first-order chi connectivity index (χ1) is 9.51. The molecule has 0 aromatic heterocycles. The zero-order chi connectivity index (χ0) is 15.0. The molecule has 1 rings (SSSR count). The topological polar surface area (TPSA) is 38.3 Å². The van der Waals surface area contributed by atoms with Crippen LogP contribution in [0, 0.1) is 0 Å². The van der Waals surface area contributed by atoms with Gasteiger partial charge in [0.2, 0.25) is 0 Å². The van der Waals surface area contributed by atoms with Crippen LogP contribution in [0.3, 0.4) is 0 Å². The van der Waals surface area contributed by atoms with Gasteiger partial charge in [0, 0.05) is 15.7 Å². The standard InChI is InChI=1S/C15H22ClNO2S/c1-4-17-15(3,14(18)19-5-2)10-11-20-13-8-6-12(16)7-9-13/h6-9,17H,4-5,10-11H2,1-3H3. The van der Waals surface area contributed by atoms with Crippen molar-refractivity contribution >= 4 is 29.3 Å². The molecule has 0 fully saturated rings. The molecule has 112 valence electrons. The van der Waals surface area contributed by atoms with Crippen LogP contribution >= 0.6 is 23.4 Å². The Labute approximate surface area is 130 Å². The van der Waals surface area contributed by atoms with Crippen molar-refractivity contribution < 1.29 is 9.53 Å². The van der Waals surface area contributed by atoms with Gasteiger partial charge in [-0.15, -0.1) is 11.8 Å². The summed E-state index contributed by atoms with van der Waals surface area (Å²) in [4.78, 5) is 13.2. The summed E-state index contributed by atoms with van der Waals surface area (Å²) in [5.74, 6) is 0.655. The summed E-state index contributed by atoms with van der Waals surface area (Å²) < 4.78 is 5.15. The highest BCUT2D eigenvalue weighted by Gasteiger charge is 2.33. The molecule has 0 heterocycles. The van der Waals surface area contributed by atoms with E-state index in [0.717, 1.165) is 22.2 Å². The lowest BCUT2D eigenvalue weighted by atomic mass is 9.99. The Balaban J connectivity index is 2.54. The highest BCUT2D eigenvalue weighted by molar-refractivity contribution is 7.99. The highest BCUT2D eigenvalue weighted by atomic mass is 35.5. The molecule has 0 aliphatic heterocycles. The molecule has 0 aliphatic rings. The molecule has 0 amide bonds. The lowest BCUT2D eigenvalue weighted by Crippen LogP contribution is -2.50. The molecule has 5 heteroatoms. The molecule has 0 spiro atoms. The van der Waals surface area contributed by atoms with Gasteiger partial charge in [0.1, 0.15) is 5.54 Å². The van der Waals surface area contributed by atoms with E-state index in [2.05, 4.69) is 5.32 Å². The number of benzene rings is 1. The minimum absolute atomic E-state index is 0.182. The molecule has 1 aromatic rings. The third-order valence-corrected chi connectivity index (χ3v) is 4.24. The first-order valence-corrected chi connectivity index (χ1v) is 8.18. The third-order valence-electron chi connectivity index (χ3n) is 2.98. The summed E-state index contributed by atoms with van der Waals surface area (Å²) in [5, 5.41) is 3.96. The normalized spacial score (nSPS) is 13.8. The number of thioether (sulfide) groups is 1. The number of halogens is 1. The van der Waals surface area contributed by atoms with E-state index >= 15 is 0 Å². The summed E-state index contributed by atoms with van der Waals surface area (Å²) in [7, 11) is 0. The smallest absolute Gasteiger partial charge is 0.326 e. The highest BCUT2D eigenvalue weighted by Crippen LogP contribution is 2.24. The minimum atomic E-state index is -0.621. The van der Waals surface area contributed by atoms with Gasteiger partial charge in [-0.25, -0.2) is 0 Å². The van der Waals surface area contributed by atoms with E-state index in [0.29, 0.717) is 13.0 Å². The van der Waals surface area contributed by atoms with Gasteiger partial charge in [-0.1, -0.05) is 18.5 Å². The zero-order valence-electron chi connectivity index (χ0n) is 12.2. The van der Waals surface area contributed by atoms with Crippen molar-refractivity contribution in [2.75, 3.05) is 18.9 Å². The minimum Gasteiger partial charge on any atom is -0.465 e. The predicted octanol–water partition coefficient (Wildman–Crippen LogP) is 3.75. The van der Waals surface area contributed by atoms with E-state index in [1.807, 2.05) is 45.0 Å². The average molecular weight is 316 g/mol. The first kappa shape index (κ1) is 17.3. The number of rotatable bonds is 8. The molecule has 0 radical (unpaired) electrons. The maximum Gasteiger partial charge on any atom is 0.326 e. The number of ether oxygens (including phenoxy) is 1. The predicted molar refractivity (Wildman–Crippen MR) is 85.5 cm³/mol. The fourth-order valence-corrected chi connectivity index (χ4v) is 3.05. The van der Waals surface area contributed by atoms with Crippen LogP contribution in [0.15, 0.2) is 29.2 Å². The fraction of sp³-hybridized carbons (Fsp3) is 0.533. The Kier molecular flexibility index (Phi) is 7.41. The molecule has 3 nitrogen and oxygen atoms in total. The molecule has 0 saturated carbocycles. The quantitative estimate of drug-likeness (QED) is 0.585. The van der Waals surface area contributed by atoms with Crippen LogP contribution in [0.2, 0.25) is 5.02 Å². The SMILES string of the molecule is CCNC(C)(CCSc1ccc(Cl)cc1)C(=O)OCC. The van der Waals surface area contributed by atoms with Crippen molar-refractivity contribution in [1.82, 2.24) is 5.32 Å². The lowest BCUT2D eigenvalue weighted by molar-refractivity contribution is -0.150. The second kappa shape index (κ2) is 8.55. The molecule has 0 aliphatic carbocycles. The van der Waals surface area contributed by atoms with Crippen LogP contribution in [-0.4, -0.2) is 30.4 Å². The van der Waals surface area contributed by atoms with Gasteiger partial charge in [0.15, 0.2) is 0 Å². The van der Waals surface area contributed by atoms with Crippen molar-refractivity contribution in [3.63, 3.8) is 0 Å². The van der Waals surface area contributed by atoms with Crippen LogP contribution in [0.1, 0.15) is 27.2 Å². The molecule has 0 bridgehead atoms. The number of esters is 1. The van der Waals surface area contributed by atoms with E-state index in [9.17, 15) is 4.79 Å². The Morgan fingerprint density at radius 1 is 1.35 bits per heavy atom. The van der Waals surface area contributed by atoms with Crippen molar-refractivity contribution in [1.29, 1.82) is 0 Å². The average Bonchev–Trinajstić information content (AvgIpc) is 2.41. The van der Waals surface area contributed by atoms with Crippen molar-refractivity contribution in [3.8, 4) is 0 Å². The molecule has 1 atom stereocenters. The van der Waals surface area contributed by atoms with Gasteiger partial charge in [0.05, 0.1) is 6.61 Å². The summed E-state index contributed by atoms with van der Waals surface area (Å²) in [6.07, 6.45) is 0.715. The Morgan fingerprint density at radius 3 is 2.55 bits per heavy atom. The molecule has 1 unspecified atom stereocenters. The van der Waals surface area contributed by atoms with Crippen LogP contribution in [0.4, 0.5) is 0 Å². The molecule has 0 saturated heterocycles. The number of hydrogen-bond donors (Lipinski definition) is 1. The second-order valence-corrected chi connectivity index (χ2v) is 6.24. The van der Waals surface area contributed by atoms with Gasteiger partial charge in [0.25, 0.3) is 0 Å². The number of likely N-dealkylation sites (N-methyl/N-ethyl adjacent to an activating group) is 1. The molecular weight excluding hydrogens is 294 g/mol.